The Bertz CT molecular complexity index is 693. The second kappa shape index (κ2) is 5.48. The minimum atomic E-state index is -0.867. The Morgan fingerprint density at radius 1 is 1.25 bits per heavy atom. The molecule has 0 bridgehead atoms. The number of anilines is 1. The maximum absolute atomic E-state index is 11.8. The van der Waals surface area contributed by atoms with Crippen LogP contribution in [-0.2, 0) is 13.0 Å². The topological polar surface area (TPSA) is 111 Å². The molecule has 5 N–H and O–H groups in total. The SMILES string of the molecule is NC(=O)c1c(N)cc(=O)n(CCc2ccccc2)c1O. The fraction of sp³-hybridized carbons (Fsp3) is 0.143. The molecular weight excluding hydrogens is 258 g/mol. The van der Waals surface area contributed by atoms with Gasteiger partial charge in [-0.25, -0.2) is 0 Å². The van der Waals surface area contributed by atoms with Gasteiger partial charge in [0.25, 0.3) is 11.5 Å². The van der Waals surface area contributed by atoms with Crippen LogP contribution in [-0.4, -0.2) is 15.6 Å². The van der Waals surface area contributed by atoms with Crippen molar-refractivity contribution >= 4 is 11.6 Å². The van der Waals surface area contributed by atoms with E-state index in [9.17, 15) is 14.7 Å². The van der Waals surface area contributed by atoms with Gasteiger partial charge in [-0.2, -0.15) is 0 Å². The number of primary amides is 1. The van der Waals surface area contributed by atoms with Crippen LogP contribution in [0.1, 0.15) is 15.9 Å². The monoisotopic (exact) mass is 273 g/mol. The lowest BCUT2D eigenvalue weighted by Gasteiger charge is -2.12. The molecule has 1 heterocycles. The van der Waals surface area contributed by atoms with E-state index >= 15 is 0 Å². The van der Waals surface area contributed by atoms with E-state index in [1.807, 2.05) is 30.3 Å². The van der Waals surface area contributed by atoms with E-state index in [4.69, 9.17) is 11.5 Å². The molecule has 1 amide bonds. The number of benzene rings is 1. The summed E-state index contributed by atoms with van der Waals surface area (Å²) in [7, 11) is 0. The number of aryl methyl sites for hydroxylation is 1. The van der Waals surface area contributed by atoms with E-state index in [1.165, 1.54) is 0 Å². The number of nitrogen functional groups attached to an aromatic ring is 1. The van der Waals surface area contributed by atoms with E-state index < -0.39 is 17.3 Å². The quantitative estimate of drug-likeness (QED) is 0.752. The number of nitrogens with two attached hydrogens (primary N) is 2. The first kappa shape index (κ1) is 13.7. The summed E-state index contributed by atoms with van der Waals surface area (Å²) >= 11 is 0. The van der Waals surface area contributed by atoms with Crippen LogP contribution in [0.4, 0.5) is 5.69 Å². The Hall–Kier alpha value is -2.76. The van der Waals surface area contributed by atoms with Crippen molar-refractivity contribution in [1.29, 1.82) is 0 Å². The number of amides is 1. The van der Waals surface area contributed by atoms with Crippen molar-refractivity contribution in [3.05, 3.63) is 57.9 Å². The maximum Gasteiger partial charge on any atom is 0.256 e. The molecule has 0 aliphatic heterocycles. The van der Waals surface area contributed by atoms with Crippen LogP contribution in [0.2, 0.25) is 0 Å². The summed E-state index contributed by atoms with van der Waals surface area (Å²) in [6, 6.07) is 10.6. The average molecular weight is 273 g/mol. The van der Waals surface area contributed by atoms with E-state index in [-0.39, 0.29) is 17.8 Å². The second-order valence-corrected chi connectivity index (χ2v) is 4.39. The molecule has 0 fully saturated rings. The molecule has 0 radical (unpaired) electrons. The van der Waals surface area contributed by atoms with E-state index in [0.717, 1.165) is 16.2 Å². The van der Waals surface area contributed by atoms with Gasteiger partial charge in [0, 0.05) is 12.6 Å². The first-order chi connectivity index (χ1) is 9.50. The van der Waals surface area contributed by atoms with Gasteiger partial charge in [0.05, 0.1) is 5.69 Å². The number of rotatable bonds is 4. The number of nitrogens with zero attached hydrogens (tertiary/aromatic N) is 1. The van der Waals surface area contributed by atoms with Crippen molar-refractivity contribution in [3.63, 3.8) is 0 Å². The van der Waals surface area contributed by atoms with Crippen LogP contribution in [0.15, 0.2) is 41.2 Å². The summed E-state index contributed by atoms with van der Waals surface area (Å²) in [5.41, 5.74) is 10.9. The number of carbonyl (C=O) groups is 1. The third kappa shape index (κ3) is 2.64. The lowest BCUT2D eigenvalue weighted by atomic mass is 10.1. The lowest BCUT2D eigenvalue weighted by molar-refractivity contribution is 0.0997. The van der Waals surface area contributed by atoms with Gasteiger partial charge < -0.3 is 16.6 Å². The molecule has 20 heavy (non-hydrogen) atoms. The largest absolute Gasteiger partial charge is 0.494 e. The summed E-state index contributed by atoms with van der Waals surface area (Å²) < 4.78 is 1.09. The Kier molecular flexibility index (Phi) is 3.74. The van der Waals surface area contributed by atoms with Crippen molar-refractivity contribution in [2.24, 2.45) is 5.73 Å². The molecule has 0 atom stereocenters. The number of carbonyl (C=O) groups excluding carboxylic acids is 1. The van der Waals surface area contributed by atoms with Crippen LogP contribution in [0, 0.1) is 0 Å². The van der Waals surface area contributed by atoms with Gasteiger partial charge in [-0.05, 0) is 12.0 Å². The number of pyridine rings is 1. The van der Waals surface area contributed by atoms with Crippen LogP contribution in [0.5, 0.6) is 5.88 Å². The van der Waals surface area contributed by atoms with Crippen molar-refractivity contribution < 1.29 is 9.90 Å². The zero-order chi connectivity index (χ0) is 14.7. The van der Waals surface area contributed by atoms with E-state index in [0.29, 0.717) is 6.42 Å². The first-order valence-corrected chi connectivity index (χ1v) is 6.06. The summed E-state index contributed by atoms with van der Waals surface area (Å²) in [6.07, 6.45) is 0.538. The predicted octanol–water partition coefficient (Wildman–Crippen LogP) is 0.478. The zero-order valence-corrected chi connectivity index (χ0v) is 10.7. The molecule has 0 saturated carbocycles. The number of aromatic nitrogens is 1. The Balaban J connectivity index is 2.35. The molecule has 0 aliphatic rings. The molecule has 104 valence electrons. The molecule has 0 saturated heterocycles. The molecule has 6 heteroatoms. The van der Waals surface area contributed by atoms with Crippen molar-refractivity contribution in [2.75, 3.05) is 5.73 Å². The fourth-order valence-electron chi connectivity index (χ4n) is 2.01. The Labute approximate surface area is 115 Å². The number of hydrogen-bond donors (Lipinski definition) is 3. The van der Waals surface area contributed by atoms with Gasteiger partial charge >= 0.3 is 0 Å². The van der Waals surface area contributed by atoms with Gasteiger partial charge in [-0.1, -0.05) is 30.3 Å². The van der Waals surface area contributed by atoms with E-state index in [2.05, 4.69) is 0 Å². The molecule has 0 unspecified atom stereocenters. The molecule has 2 aromatic rings. The minimum Gasteiger partial charge on any atom is -0.494 e. The normalized spacial score (nSPS) is 10.4. The highest BCUT2D eigenvalue weighted by atomic mass is 16.3. The van der Waals surface area contributed by atoms with Gasteiger partial charge in [0.2, 0.25) is 5.88 Å². The molecule has 1 aromatic heterocycles. The summed E-state index contributed by atoms with van der Waals surface area (Å²) in [5, 5.41) is 9.98. The predicted molar refractivity (Wildman–Crippen MR) is 75.4 cm³/mol. The fourth-order valence-corrected chi connectivity index (χ4v) is 2.01. The number of aromatic hydroxyl groups is 1. The molecule has 2 rings (SSSR count). The first-order valence-electron chi connectivity index (χ1n) is 6.06. The molecule has 0 spiro atoms. The average Bonchev–Trinajstić information content (AvgIpc) is 2.38. The molecule has 6 nitrogen and oxygen atoms in total. The number of hydrogen-bond acceptors (Lipinski definition) is 4. The van der Waals surface area contributed by atoms with Gasteiger partial charge in [-0.3, -0.25) is 14.2 Å². The van der Waals surface area contributed by atoms with Crippen molar-refractivity contribution in [1.82, 2.24) is 4.57 Å². The third-order valence-electron chi connectivity index (χ3n) is 3.03. The zero-order valence-electron chi connectivity index (χ0n) is 10.7. The van der Waals surface area contributed by atoms with Crippen molar-refractivity contribution in [3.8, 4) is 5.88 Å². The summed E-state index contributed by atoms with van der Waals surface area (Å²) in [4.78, 5) is 23.1. The van der Waals surface area contributed by atoms with Gasteiger partial charge in [0.15, 0.2) is 0 Å². The Morgan fingerprint density at radius 2 is 1.90 bits per heavy atom. The molecular formula is C14H15N3O3. The second-order valence-electron chi connectivity index (χ2n) is 4.39. The molecule has 1 aromatic carbocycles. The van der Waals surface area contributed by atoms with Crippen LogP contribution in [0.25, 0.3) is 0 Å². The lowest BCUT2D eigenvalue weighted by Crippen LogP contribution is -2.25. The van der Waals surface area contributed by atoms with Crippen LogP contribution in [0.3, 0.4) is 0 Å². The standard InChI is InChI=1S/C14H15N3O3/c15-10-8-11(18)17(14(20)12(10)13(16)19)7-6-9-4-2-1-3-5-9/h1-5,8,20H,6-7,15H2,(H2,16,19). The summed E-state index contributed by atoms with van der Waals surface area (Å²) in [6.45, 7) is 0.231. The highest BCUT2D eigenvalue weighted by Crippen LogP contribution is 2.20. The summed E-state index contributed by atoms with van der Waals surface area (Å²) in [5.74, 6) is -1.35. The molecule has 0 aliphatic carbocycles. The van der Waals surface area contributed by atoms with Crippen molar-refractivity contribution in [2.45, 2.75) is 13.0 Å². The van der Waals surface area contributed by atoms with Gasteiger partial charge in [0.1, 0.15) is 5.56 Å². The smallest absolute Gasteiger partial charge is 0.256 e. The van der Waals surface area contributed by atoms with Gasteiger partial charge in [-0.15, -0.1) is 0 Å². The Morgan fingerprint density at radius 3 is 2.50 bits per heavy atom. The highest BCUT2D eigenvalue weighted by Gasteiger charge is 2.17. The third-order valence-corrected chi connectivity index (χ3v) is 3.03. The van der Waals surface area contributed by atoms with Crippen LogP contribution >= 0.6 is 0 Å². The minimum absolute atomic E-state index is 0.115. The van der Waals surface area contributed by atoms with E-state index in [1.54, 1.807) is 0 Å². The maximum atomic E-state index is 11.8. The highest BCUT2D eigenvalue weighted by molar-refractivity contribution is 6.00. The van der Waals surface area contributed by atoms with Crippen LogP contribution < -0.4 is 17.0 Å².